The summed E-state index contributed by atoms with van der Waals surface area (Å²) in [6.07, 6.45) is 2.45. The topological polar surface area (TPSA) is 86.8 Å². The smallest absolute Gasteiger partial charge is 0.242 e. The molecule has 1 N–H and O–H groups in total. The molecule has 2 rings (SSSR count). The van der Waals surface area contributed by atoms with Crippen molar-refractivity contribution in [2.45, 2.75) is 59.5 Å². The minimum absolute atomic E-state index is 0.134. The Bertz CT molecular complexity index is 1070. The molecule has 34 heavy (non-hydrogen) atoms. The van der Waals surface area contributed by atoms with Crippen LogP contribution in [0.5, 0.6) is 0 Å². The van der Waals surface area contributed by atoms with Crippen molar-refractivity contribution < 1.29 is 18.0 Å². The van der Waals surface area contributed by atoms with Gasteiger partial charge in [-0.2, -0.15) is 0 Å². The van der Waals surface area contributed by atoms with E-state index in [2.05, 4.69) is 5.32 Å². The highest BCUT2D eigenvalue weighted by Crippen LogP contribution is 2.20. The molecule has 7 nitrogen and oxygen atoms in total. The maximum Gasteiger partial charge on any atom is 0.242 e. The maximum atomic E-state index is 13.2. The molecule has 0 aromatic heterocycles. The third kappa shape index (κ3) is 8.17. The van der Waals surface area contributed by atoms with Crippen molar-refractivity contribution in [3.8, 4) is 0 Å². The molecule has 0 aliphatic rings. The maximum absolute atomic E-state index is 13.2. The van der Waals surface area contributed by atoms with Crippen molar-refractivity contribution in [1.82, 2.24) is 10.2 Å². The van der Waals surface area contributed by atoms with Crippen molar-refractivity contribution in [1.29, 1.82) is 0 Å². The van der Waals surface area contributed by atoms with E-state index in [9.17, 15) is 18.0 Å². The number of hydrogen-bond donors (Lipinski definition) is 1. The number of aryl methyl sites for hydroxylation is 2. The van der Waals surface area contributed by atoms with Gasteiger partial charge in [0, 0.05) is 26.1 Å². The van der Waals surface area contributed by atoms with Gasteiger partial charge in [0.15, 0.2) is 0 Å². The van der Waals surface area contributed by atoms with E-state index >= 15 is 0 Å². The molecule has 0 aliphatic heterocycles. The number of rotatable bonds is 12. The fourth-order valence-corrected chi connectivity index (χ4v) is 4.67. The van der Waals surface area contributed by atoms with Crippen LogP contribution >= 0.6 is 0 Å². The first-order chi connectivity index (χ1) is 16.0. The van der Waals surface area contributed by atoms with E-state index in [4.69, 9.17) is 0 Å². The van der Waals surface area contributed by atoms with Gasteiger partial charge in [0.2, 0.25) is 21.8 Å². The molecule has 2 amide bonds. The summed E-state index contributed by atoms with van der Waals surface area (Å²) in [4.78, 5) is 27.5. The van der Waals surface area contributed by atoms with Crippen LogP contribution < -0.4 is 9.62 Å². The Labute approximate surface area is 204 Å². The molecule has 0 saturated heterocycles. The molecule has 0 unspecified atom stereocenters. The highest BCUT2D eigenvalue weighted by Gasteiger charge is 2.26. The van der Waals surface area contributed by atoms with Crippen LogP contribution in [0.4, 0.5) is 5.69 Å². The second-order valence-corrected chi connectivity index (χ2v) is 10.7. The van der Waals surface area contributed by atoms with E-state index in [1.54, 1.807) is 24.0 Å². The molecule has 0 heterocycles. The Hall–Kier alpha value is -2.87. The highest BCUT2D eigenvalue weighted by atomic mass is 32.2. The van der Waals surface area contributed by atoms with Gasteiger partial charge in [0.25, 0.3) is 0 Å². The van der Waals surface area contributed by atoms with Crippen molar-refractivity contribution in [3.05, 3.63) is 65.2 Å². The summed E-state index contributed by atoms with van der Waals surface area (Å²) in [7, 11) is -3.50. The molecule has 0 saturated carbocycles. The summed E-state index contributed by atoms with van der Waals surface area (Å²) in [6.45, 7) is 8.68. The molecule has 0 radical (unpaired) electrons. The molecule has 2 aromatic carbocycles. The van der Waals surface area contributed by atoms with Crippen molar-refractivity contribution >= 4 is 27.5 Å². The minimum Gasteiger partial charge on any atom is -0.354 e. The zero-order valence-corrected chi connectivity index (χ0v) is 21.7. The van der Waals surface area contributed by atoms with Gasteiger partial charge in [-0.15, -0.1) is 0 Å². The highest BCUT2D eigenvalue weighted by molar-refractivity contribution is 7.92. The molecular formula is C26H37N3O4S. The Morgan fingerprint density at radius 2 is 1.71 bits per heavy atom. The number of amides is 2. The summed E-state index contributed by atoms with van der Waals surface area (Å²) in [5.41, 5.74) is 3.63. The third-order valence-corrected chi connectivity index (χ3v) is 6.82. The third-order valence-electron chi connectivity index (χ3n) is 5.63. The molecule has 0 bridgehead atoms. The number of nitrogens with zero attached hydrogens (tertiary/aromatic N) is 2. The summed E-state index contributed by atoms with van der Waals surface area (Å²) in [5, 5.41) is 2.86. The Balaban J connectivity index is 2.14. The first-order valence-corrected chi connectivity index (χ1v) is 13.5. The summed E-state index contributed by atoms with van der Waals surface area (Å²) in [5.74, 6) is -0.377. The van der Waals surface area contributed by atoms with Crippen LogP contribution in [0.15, 0.2) is 48.5 Å². The van der Waals surface area contributed by atoms with Crippen LogP contribution in [0, 0.1) is 13.8 Å². The number of benzene rings is 2. The average Bonchev–Trinajstić information content (AvgIpc) is 2.78. The number of carbonyl (C=O) groups is 2. The molecule has 1 atom stereocenters. The summed E-state index contributed by atoms with van der Waals surface area (Å²) < 4.78 is 26.1. The summed E-state index contributed by atoms with van der Waals surface area (Å²) in [6, 6.07) is 14.5. The molecule has 186 valence electrons. The van der Waals surface area contributed by atoms with Crippen LogP contribution in [0.1, 0.15) is 49.8 Å². The van der Waals surface area contributed by atoms with Gasteiger partial charge >= 0.3 is 0 Å². The van der Waals surface area contributed by atoms with Gasteiger partial charge in [-0.3, -0.25) is 13.9 Å². The number of carbonyl (C=O) groups excluding carboxylic acids is 2. The van der Waals surface area contributed by atoms with Crippen molar-refractivity contribution in [3.63, 3.8) is 0 Å². The van der Waals surface area contributed by atoms with E-state index in [0.717, 1.165) is 23.1 Å². The lowest BCUT2D eigenvalue weighted by Gasteiger charge is -2.29. The van der Waals surface area contributed by atoms with E-state index in [-0.39, 0.29) is 24.8 Å². The Morgan fingerprint density at radius 3 is 2.29 bits per heavy atom. The van der Waals surface area contributed by atoms with Crippen LogP contribution in [0.2, 0.25) is 0 Å². The Morgan fingerprint density at radius 1 is 1.03 bits per heavy atom. The predicted octanol–water partition coefficient (Wildman–Crippen LogP) is 3.79. The van der Waals surface area contributed by atoms with Gasteiger partial charge in [-0.25, -0.2) is 8.42 Å². The number of sulfonamides is 1. The number of hydrogen-bond acceptors (Lipinski definition) is 4. The van der Waals surface area contributed by atoms with Gasteiger partial charge in [-0.1, -0.05) is 54.4 Å². The normalized spacial score (nSPS) is 12.1. The van der Waals surface area contributed by atoms with Gasteiger partial charge < -0.3 is 10.2 Å². The van der Waals surface area contributed by atoms with Crippen LogP contribution in [-0.2, 0) is 26.2 Å². The van der Waals surface area contributed by atoms with E-state index in [1.165, 1.54) is 10.6 Å². The molecule has 0 aliphatic carbocycles. The molecule has 2 aromatic rings. The van der Waals surface area contributed by atoms with Gasteiger partial charge in [0.05, 0.1) is 11.9 Å². The minimum atomic E-state index is -3.50. The standard InChI is InChI=1S/C26H37N3O4S/c1-6-16-27-26(31)22(4)28(19-23-10-7-9-21(3)18-23)25(30)11-8-17-29(34(5,32)33)24-14-12-20(2)13-15-24/h7,9-10,12-15,18,22H,6,8,11,16-17,19H2,1-5H3,(H,27,31)/t22-/m1/s1. The number of anilines is 1. The quantitative estimate of drug-likeness (QED) is 0.493. The van der Waals surface area contributed by atoms with Crippen LogP contribution in [0.25, 0.3) is 0 Å². The second-order valence-electron chi connectivity index (χ2n) is 8.75. The zero-order valence-electron chi connectivity index (χ0n) is 20.9. The lowest BCUT2D eigenvalue weighted by Crippen LogP contribution is -2.47. The summed E-state index contributed by atoms with van der Waals surface area (Å²) >= 11 is 0. The molecule has 8 heteroatoms. The SMILES string of the molecule is CCCNC(=O)[C@@H](C)N(Cc1cccc(C)c1)C(=O)CCCN(c1ccc(C)cc1)S(C)(=O)=O. The first-order valence-electron chi connectivity index (χ1n) is 11.7. The fraction of sp³-hybridized carbons (Fsp3) is 0.462. The van der Waals surface area contributed by atoms with E-state index in [0.29, 0.717) is 25.2 Å². The van der Waals surface area contributed by atoms with Gasteiger partial charge in [-0.05, 0) is 51.3 Å². The van der Waals surface area contributed by atoms with Crippen molar-refractivity contribution in [2.75, 3.05) is 23.7 Å². The second kappa shape index (κ2) is 12.6. The average molecular weight is 488 g/mol. The lowest BCUT2D eigenvalue weighted by atomic mass is 10.1. The monoisotopic (exact) mass is 487 g/mol. The number of nitrogens with one attached hydrogen (secondary N) is 1. The zero-order chi connectivity index (χ0) is 25.3. The fourth-order valence-electron chi connectivity index (χ4n) is 3.70. The van der Waals surface area contributed by atoms with E-state index < -0.39 is 16.1 Å². The molecule has 0 fully saturated rings. The van der Waals surface area contributed by atoms with E-state index in [1.807, 2.05) is 57.2 Å². The lowest BCUT2D eigenvalue weighted by molar-refractivity contribution is -0.140. The van der Waals surface area contributed by atoms with Gasteiger partial charge in [0.1, 0.15) is 6.04 Å². The molecule has 0 spiro atoms. The van der Waals surface area contributed by atoms with Crippen LogP contribution in [0.3, 0.4) is 0 Å². The Kier molecular flexibility index (Phi) is 10.1. The molecular weight excluding hydrogens is 450 g/mol. The largest absolute Gasteiger partial charge is 0.354 e. The van der Waals surface area contributed by atoms with Crippen molar-refractivity contribution in [2.24, 2.45) is 0 Å². The first kappa shape index (κ1) is 27.4. The van der Waals surface area contributed by atoms with Crippen LogP contribution in [-0.4, -0.2) is 50.5 Å². The predicted molar refractivity (Wildman–Crippen MR) is 137 cm³/mol.